The maximum atomic E-state index is 12.7. The van der Waals surface area contributed by atoms with E-state index in [0.29, 0.717) is 0 Å². The summed E-state index contributed by atoms with van der Waals surface area (Å²) in [6.07, 6.45) is 0. The summed E-state index contributed by atoms with van der Waals surface area (Å²) in [6.45, 7) is -0.286. The van der Waals surface area contributed by atoms with E-state index in [1.807, 2.05) is 0 Å². The Bertz CT molecular complexity index is 526. The maximum absolute atomic E-state index is 12.7. The van der Waals surface area contributed by atoms with Gasteiger partial charge in [-0.2, -0.15) is 17.0 Å². The number of halogens is 1. The lowest BCUT2D eigenvalue weighted by Crippen LogP contribution is -2.40. The van der Waals surface area contributed by atoms with E-state index in [1.165, 1.54) is 33.3 Å². The molecule has 0 fully saturated rings. The van der Waals surface area contributed by atoms with Crippen molar-refractivity contribution in [2.45, 2.75) is 0 Å². The molecule has 0 aliphatic carbocycles. The maximum Gasteiger partial charge on any atom is 0.281 e. The molecule has 0 heterocycles. The van der Waals surface area contributed by atoms with E-state index < -0.39 is 16.0 Å². The molecular formula is C11H15FN2O3S. The second-order valence-electron chi connectivity index (χ2n) is 3.98. The summed E-state index contributed by atoms with van der Waals surface area (Å²) < 4.78 is 38.0. The number of likely N-dealkylation sites (N-methyl/N-ethyl adjacent to an activating group) is 1. The van der Waals surface area contributed by atoms with Crippen molar-refractivity contribution in [3.05, 3.63) is 35.6 Å². The molecule has 0 saturated heterocycles. The standard InChI is InChI=1S/C11H15FN2O3S/c1-13(2)18(16,17)14(3)8-11(15)9-4-6-10(12)7-5-9/h4-7H,8H2,1-3H3. The van der Waals surface area contributed by atoms with Crippen LogP contribution in [-0.4, -0.2) is 50.5 Å². The van der Waals surface area contributed by atoms with Crippen LogP contribution >= 0.6 is 0 Å². The molecule has 0 saturated carbocycles. The zero-order valence-corrected chi connectivity index (χ0v) is 11.2. The van der Waals surface area contributed by atoms with Crippen LogP contribution in [0.1, 0.15) is 10.4 Å². The average molecular weight is 274 g/mol. The number of carbonyl (C=O) groups is 1. The largest absolute Gasteiger partial charge is 0.293 e. The van der Waals surface area contributed by atoms with Crippen molar-refractivity contribution >= 4 is 16.0 Å². The SMILES string of the molecule is CN(C)S(=O)(=O)N(C)CC(=O)c1ccc(F)cc1. The van der Waals surface area contributed by atoms with Gasteiger partial charge in [0.05, 0.1) is 6.54 Å². The third-order valence-electron chi connectivity index (χ3n) is 2.39. The van der Waals surface area contributed by atoms with Crippen molar-refractivity contribution in [1.82, 2.24) is 8.61 Å². The van der Waals surface area contributed by atoms with Gasteiger partial charge in [0, 0.05) is 26.7 Å². The van der Waals surface area contributed by atoms with Gasteiger partial charge in [0.1, 0.15) is 5.82 Å². The van der Waals surface area contributed by atoms with E-state index in [-0.39, 0.29) is 17.9 Å². The first-order valence-corrected chi connectivity index (χ1v) is 6.57. The summed E-state index contributed by atoms with van der Waals surface area (Å²) in [5.74, 6) is -0.830. The van der Waals surface area contributed by atoms with Gasteiger partial charge < -0.3 is 0 Å². The highest BCUT2D eigenvalue weighted by Gasteiger charge is 2.23. The number of carbonyl (C=O) groups excluding carboxylic acids is 1. The van der Waals surface area contributed by atoms with Crippen LogP contribution in [0, 0.1) is 5.82 Å². The van der Waals surface area contributed by atoms with Gasteiger partial charge in [0.25, 0.3) is 10.2 Å². The minimum Gasteiger partial charge on any atom is -0.293 e. The predicted molar refractivity (Wildman–Crippen MR) is 66.0 cm³/mol. The second kappa shape index (κ2) is 5.55. The molecular weight excluding hydrogens is 259 g/mol. The zero-order valence-electron chi connectivity index (χ0n) is 10.4. The highest BCUT2D eigenvalue weighted by molar-refractivity contribution is 7.86. The summed E-state index contributed by atoms with van der Waals surface area (Å²) in [7, 11) is 0.466. The van der Waals surface area contributed by atoms with Crippen molar-refractivity contribution in [1.29, 1.82) is 0 Å². The summed E-state index contributed by atoms with van der Waals surface area (Å²) in [6, 6.07) is 4.98. The highest BCUT2D eigenvalue weighted by atomic mass is 32.2. The van der Waals surface area contributed by atoms with Crippen molar-refractivity contribution in [2.24, 2.45) is 0 Å². The molecule has 0 aliphatic heterocycles. The van der Waals surface area contributed by atoms with Crippen molar-refractivity contribution in [2.75, 3.05) is 27.7 Å². The smallest absolute Gasteiger partial charge is 0.281 e. The second-order valence-corrected chi connectivity index (χ2v) is 6.23. The Morgan fingerprint density at radius 3 is 2.11 bits per heavy atom. The van der Waals surface area contributed by atoms with Crippen LogP contribution in [0.15, 0.2) is 24.3 Å². The zero-order chi connectivity index (χ0) is 13.9. The Morgan fingerprint density at radius 2 is 1.67 bits per heavy atom. The molecule has 0 aromatic heterocycles. The lowest BCUT2D eigenvalue weighted by Gasteiger charge is -2.20. The van der Waals surface area contributed by atoms with Gasteiger partial charge in [-0.05, 0) is 24.3 Å². The Kier molecular flexibility index (Phi) is 4.55. The summed E-state index contributed by atoms with van der Waals surface area (Å²) in [4.78, 5) is 11.8. The number of nitrogens with zero attached hydrogens (tertiary/aromatic N) is 2. The molecule has 0 amide bonds. The Hall–Kier alpha value is -1.31. The van der Waals surface area contributed by atoms with Crippen LogP contribution in [0.25, 0.3) is 0 Å². The number of rotatable bonds is 5. The van der Waals surface area contributed by atoms with Crippen molar-refractivity contribution < 1.29 is 17.6 Å². The van der Waals surface area contributed by atoms with Gasteiger partial charge in [-0.3, -0.25) is 4.79 Å². The van der Waals surface area contributed by atoms with Gasteiger partial charge in [-0.15, -0.1) is 0 Å². The van der Waals surface area contributed by atoms with Gasteiger partial charge in [-0.25, -0.2) is 4.39 Å². The van der Waals surface area contributed by atoms with Gasteiger partial charge in [-0.1, -0.05) is 0 Å². The molecule has 5 nitrogen and oxygen atoms in total. The van der Waals surface area contributed by atoms with Crippen LogP contribution in [0.3, 0.4) is 0 Å². The van der Waals surface area contributed by atoms with Crippen LogP contribution < -0.4 is 0 Å². The first-order valence-electron chi connectivity index (χ1n) is 5.17. The topological polar surface area (TPSA) is 57.7 Å². The lowest BCUT2D eigenvalue weighted by atomic mass is 10.1. The molecule has 0 spiro atoms. The van der Waals surface area contributed by atoms with Gasteiger partial charge in [0.2, 0.25) is 0 Å². The molecule has 0 aliphatic rings. The van der Waals surface area contributed by atoms with E-state index in [4.69, 9.17) is 0 Å². The molecule has 0 unspecified atom stereocenters. The molecule has 1 aromatic carbocycles. The highest BCUT2D eigenvalue weighted by Crippen LogP contribution is 2.07. The molecule has 0 N–H and O–H groups in total. The van der Waals surface area contributed by atoms with E-state index in [9.17, 15) is 17.6 Å². The van der Waals surface area contributed by atoms with Crippen LogP contribution in [-0.2, 0) is 10.2 Å². The number of ketones is 1. The summed E-state index contributed by atoms with van der Waals surface area (Å²) in [5, 5.41) is 0. The Labute approximate surface area is 106 Å². The normalized spacial score (nSPS) is 12.1. The van der Waals surface area contributed by atoms with Gasteiger partial charge in [0.15, 0.2) is 5.78 Å². The van der Waals surface area contributed by atoms with Crippen LogP contribution in [0.5, 0.6) is 0 Å². The fourth-order valence-electron chi connectivity index (χ4n) is 1.29. The quantitative estimate of drug-likeness (QED) is 0.744. The lowest BCUT2D eigenvalue weighted by molar-refractivity contribution is 0.0971. The first kappa shape index (κ1) is 14.7. The van der Waals surface area contributed by atoms with Crippen LogP contribution in [0.4, 0.5) is 4.39 Å². The number of hydrogen-bond acceptors (Lipinski definition) is 3. The van der Waals surface area contributed by atoms with E-state index in [1.54, 1.807) is 0 Å². The minimum absolute atomic E-state index is 0.275. The molecule has 0 bridgehead atoms. The Morgan fingerprint density at radius 1 is 1.17 bits per heavy atom. The van der Waals surface area contributed by atoms with Gasteiger partial charge >= 0.3 is 0 Å². The number of benzene rings is 1. The molecule has 1 rings (SSSR count). The van der Waals surface area contributed by atoms with E-state index >= 15 is 0 Å². The average Bonchev–Trinajstić information content (AvgIpc) is 2.29. The fraction of sp³-hybridized carbons (Fsp3) is 0.364. The molecule has 1 aromatic rings. The number of Topliss-reactive ketones (excluding diaryl/α,β-unsaturated/α-hetero) is 1. The van der Waals surface area contributed by atoms with E-state index in [0.717, 1.165) is 20.7 Å². The molecule has 0 atom stereocenters. The van der Waals surface area contributed by atoms with Crippen molar-refractivity contribution in [3.63, 3.8) is 0 Å². The molecule has 0 radical (unpaired) electrons. The molecule has 18 heavy (non-hydrogen) atoms. The predicted octanol–water partition coefficient (Wildman–Crippen LogP) is 0.747. The third kappa shape index (κ3) is 3.34. The van der Waals surface area contributed by atoms with Crippen molar-refractivity contribution in [3.8, 4) is 0 Å². The van der Waals surface area contributed by atoms with Crippen LogP contribution in [0.2, 0.25) is 0 Å². The molecule has 100 valence electrons. The minimum atomic E-state index is -3.62. The third-order valence-corrected chi connectivity index (χ3v) is 4.23. The fourth-order valence-corrected chi connectivity index (χ4v) is 2.13. The number of hydrogen-bond donors (Lipinski definition) is 0. The Balaban J connectivity index is 2.80. The molecule has 7 heteroatoms. The van der Waals surface area contributed by atoms with E-state index in [2.05, 4.69) is 0 Å². The monoisotopic (exact) mass is 274 g/mol. The first-order chi connectivity index (χ1) is 8.25. The summed E-state index contributed by atoms with van der Waals surface area (Å²) in [5.41, 5.74) is 0.275. The summed E-state index contributed by atoms with van der Waals surface area (Å²) >= 11 is 0.